The van der Waals surface area contributed by atoms with E-state index in [-0.39, 0.29) is 5.41 Å². The van der Waals surface area contributed by atoms with Crippen molar-refractivity contribution in [1.29, 1.82) is 0 Å². The number of hydrogen-bond donors (Lipinski definition) is 0. The molecule has 0 amide bonds. The summed E-state index contributed by atoms with van der Waals surface area (Å²) < 4.78 is 31.0. The minimum atomic E-state index is -3.52. The first-order valence-corrected chi connectivity index (χ1v) is 9.71. The number of ether oxygens (including phenoxy) is 1. The predicted molar refractivity (Wildman–Crippen MR) is 93.0 cm³/mol. The molecule has 4 heteroatoms. The molecule has 124 valence electrons. The van der Waals surface area contributed by atoms with Gasteiger partial charge in [0.05, 0.1) is 16.9 Å². The van der Waals surface area contributed by atoms with E-state index in [4.69, 9.17) is 4.74 Å². The molecule has 1 saturated carbocycles. The van der Waals surface area contributed by atoms with Crippen LogP contribution in [0.15, 0.2) is 70.5 Å². The highest BCUT2D eigenvalue weighted by molar-refractivity contribution is 7.91. The summed E-state index contributed by atoms with van der Waals surface area (Å²) in [7, 11) is -1.95. The van der Waals surface area contributed by atoms with Gasteiger partial charge in [0.2, 0.25) is 9.84 Å². The van der Waals surface area contributed by atoms with Crippen molar-refractivity contribution in [3.8, 4) is 5.75 Å². The largest absolute Gasteiger partial charge is 0.497 e. The Labute approximate surface area is 142 Å². The van der Waals surface area contributed by atoms with Crippen molar-refractivity contribution < 1.29 is 13.2 Å². The molecule has 1 fully saturated rings. The molecule has 2 aromatic carbocycles. The van der Waals surface area contributed by atoms with Crippen molar-refractivity contribution in [1.82, 2.24) is 0 Å². The van der Waals surface area contributed by atoms with Crippen molar-refractivity contribution in [2.24, 2.45) is 5.92 Å². The molecule has 0 aliphatic heterocycles. The lowest BCUT2D eigenvalue weighted by atomic mass is 9.80. The summed E-state index contributed by atoms with van der Waals surface area (Å²) >= 11 is 0. The minimum absolute atomic E-state index is 0.0378. The molecule has 4 rings (SSSR count). The number of fused-ring (bicyclic) bond motifs is 2. The highest BCUT2D eigenvalue weighted by atomic mass is 32.2. The second kappa shape index (κ2) is 5.49. The zero-order valence-electron chi connectivity index (χ0n) is 13.6. The van der Waals surface area contributed by atoms with Gasteiger partial charge < -0.3 is 4.74 Å². The maximum Gasteiger partial charge on any atom is 0.206 e. The smallest absolute Gasteiger partial charge is 0.206 e. The van der Waals surface area contributed by atoms with Crippen LogP contribution in [-0.2, 0) is 15.3 Å². The maximum absolute atomic E-state index is 12.9. The third-order valence-corrected chi connectivity index (χ3v) is 7.13. The van der Waals surface area contributed by atoms with Crippen LogP contribution in [-0.4, -0.2) is 15.5 Å². The number of benzene rings is 2. The van der Waals surface area contributed by atoms with E-state index in [9.17, 15) is 8.42 Å². The lowest BCUT2D eigenvalue weighted by Gasteiger charge is -2.24. The molecule has 3 nitrogen and oxygen atoms in total. The Balaban J connectivity index is 1.73. The molecule has 24 heavy (non-hydrogen) atoms. The van der Waals surface area contributed by atoms with Crippen LogP contribution in [0.1, 0.15) is 24.8 Å². The standard InChI is InChI=1S/C20H20O3S/c1-23-17-5-7-18(8-6-17)24(21,22)19-4-2-3-16(13-19)20-11-9-15(14-20)10-12-20/h2-9,11,13,15H,10,12,14H2,1H3. The van der Waals surface area contributed by atoms with Crippen LogP contribution in [0, 0.1) is 5.92 Å². The molecule has 2 aliphatic carbocycles. The average Bonchev–Trinajstić information content (AvgIpc) is 3.24. The molecule has 2 aromatic rings. The Morgan fingerprint density at radius 2 is 1.88 bits per heavy atom. The van der Waals surface area contributed by atoms with E-state index in [1.54, 1.807) is 37.4 Å². The van der Waals surface area contributed by atoms with E-state index >= 15 is 0 Å². The quantitative estimate of drug-likeness (QED) is 0.786. The van der Waals surface area contributed by atoms with E-state index < -0.39 is 9.84 Å². The predicted octanol–water partition coefficient (Wildman–Crippen LogP) is 4.14. The van der Waals surface area contributed by atoms with Crippen LogP contribution < -0.4 is 4.74 Å². The number of methoxy groups -OCH3 is 1. The Morgan fingerprint density at radius 1 is 1.08 bits per heavy atom. The molecule has 2 bridgehead atoms. The minimum Gasteiger partial charge on any atom is -0.497 e. The van der Waals surface area contributed by atoms with E-state index in [0.29, 0.717) is 21.5 Å². The van der Waals surface area contributed by atoms with E-state index in [2.05, 4.69) is 18.2 Å². The van der Waals surface area contributed by atoms with Crippen LogP contribution in [0.5, 0.6) is 5.75 Å². The second-order valence-electron chi connectivity index (χ2n) is 6.72. The van der Waals surface area contributed by atoms with Gasteiger partial charge in [-0.3, -0.25) is 0 Å². The van der Waals surface area contributed by atoms with E-state index in [1.807, 2.05) is 12.1 Å². The molecule has 2 aliphatic rings. The van der Waals surface area contributed by atoms with E-state index in [1.165, 1.54) is 6.42 Å². The molecule has 0 spiro atoms. The van der Waals surface area contributed by atoms with Gasteiger partial charge in [0.25, 0.3) is 0 Å². The fourth-order valence-corrected chi connectivity index (χ4v) is 5.28. The summed E-state index contributed by atoms with van der Waals surface area (Å²) in [6, 6.07) is 14.0. The summed E-state index contributed by atoms with van der Waals surface area (Å²) in [6.07, 6.45) is 7.99. The van der Waals surface area contributed by atoms with Crippen LogP contribution in [0.2, 0.25) is 0 Å². The first kappa shape index (κ1) is 15.5. The van der Waals surface area contributed by atoms with Gasteiger partial charge in [0, 0.05) is 5.41 Å². The molecule has 0 saturated heterocycles. The summed E-state index contributed by atoms with van der Waals surface area (Å²) in [6.45, 7) is 0. The molecule has 0 N–H and O–H groups in total. The molecule has 0 aromatic heterocycles. The third-order valence-electron chi connectivity index (χ3n) is 5.36. The summed E-state index contributed by atoms with van der Waals surface area (Å²) in [5.41, 5.74) is 1.16. The number of allylic oxidation sites excluding steroid dienone is 2. The van der Waals surface area contributed by atoms with Gasteiger partial charge in [-0.1, -0.05) is 24.3 Å². The van der Waals surface area contributed by atoms with Gasteiger partial charge >= 0.3 is 0 Å². The number of hydrogen-bond acceptors (Lipinski definition) is 3. The fourth-order valence-electron chi connectivity index (χ4n) is 3.97. The van der Waals surface area contributed by atoms with Crippen LogP contribution in [0.4, 0.5) is 0 Å². The molecule has 0 heterocycles. The zero-order valence-corrected chi connectivity index (χ0v) is 14.4. The van der Waals surface area contributed by atoms with Crippen LogP contribution in [0.3, 0.4) is 0 Å². The highest BCUT2D eigenvalue weighted by Gasteiger charge is 2.42. The van der Waals surface area contributed by atoms with Crippen molar-refractivity contribution >= 4 is 9.84 Å². The Morgan fingerprint density at radius 3 is 2.46 bits per heavy atom. The number of rotatable bonds is 4. The van der Waals surface area contributed by atoms with Gasteiger partial charge in [0.15, 0.2) is 0 Å². The topological polar surface area (TPSA) is 43.4 Å². The summed E-state index contributed by atoms with van der Waals surface area (Å²) in [5.74, 6) is 1.31. The lowest BCUT2D eigenvalue weighted by molar-refractivity contribution is 0.414. The van der Waals surface area contributed by atoms with Gasteiger partial charge in [-0.15, -0.1) is 0 Å². The number of sulfone groups is 1. The molecular weight excluding hydrogens is 320 g/mol. The summed E-state index contributed by atoms with van der Waals surface area (Å²) in [4.78, 5) is 0.660. The van der Waals surface area contributed by atoms with Crippen LogP contribution >= 0.6 is 0 Å². The zero-order chi connectivity index (χ0) is 16.8. The second-order valence-corrected chi connectivity index (χ2v) is 8.67. The van der Waals surface area contributed by atoms with Crippen molar-refractivity contribution in [3.63, 3.8) is 0 Å². The molecule has 2 unspecified atom stereocenters. The first-order chi connectivity index (χ1) is 11.5. The van der Waals surface area contributed by atoms with Gasteiger partial charge in [0.1, 0.15) is 5.75 Å². The Kier molecular flexibility index (Phi) is 3.53. The third kappa shape index (κ3) is 2.37. The lowest BCUT2D eigenvalue weighted by Crippen LogP contribution is -2.18. The Bertz CT molecular complexity index is 897. The molecule has 0 radical (unpaired) electrons. The highest BCUT2D eigenvalue weighted by Crippen LogP contribution is 2.51. The Hall–Kier alpha value is -2.07. The van der Waals surface area contributed by atoms with Crippen LogP contribution in [0.25, 0.3) is 0 Å². The average molecular weight is 340 g/mol. The summed E-state index contributed by atoms with van der Waals surface area (Å²) in [5, 5.41) is 0. The van der Waals surface area contributed by atoms with Gasteiger partial charge in [-0.05, 0) is 67.1 Å². The maximum atomic E-state index is 12.9. The molecular formula is C20H20O3S. The van der Waals surface area contributed by atoms with Crippen molar-refractivity contribution in [2.75, 3.05) is 7.11 Å². The SMILES string of the molecule is COc1ccc(S(=O)(=O)c2cccc(C34C=CC(CC3)C4)c2)cc1. The molecule has 2 atom stereocenters. The van der Waals surface area contributed by atoms with Crippen molar-refractivity contribution in [2.45, 2.75) is 34.5 Å². The van der Waals surface area contributed by atoms with Gasteiger partial charge in [-0.2, -0.15) is 0 Å². The first-order valence-electron chi connectivity index (χ1n) is 8.23. The fraction of sp³-hybridized carbons (Fsp3) is 0.300. The monoisotopic (exact) mass is 340 g/mol. The normalized spacial score (nSPS) is 25.1. The van der Waals surface area contributed by atoms with Gasteiger partial charge in [-0.25, -0.2) is 8.42 Å². The van der Waals surface area contributed by atoms with E-state index in [0.717, 1.165) is 18.4 Å². The van der Waals surface area contributed by atoms with Crippen molar-refractivity contribution in [3.05, 3.63) is 66.2 Å².